The number of rotatable bonds is 4. The monoisotopic (exact) mass is 235 g/mol. The Kier molecular flexibility index (Phi) is 4.12. The normalized spacial score (nSPS) is 21.1. The van der Waals surface area contributed by atoms with E-state index in [1.54, 1.807) is 0 Å². The number of hydrogen-bond acceptors (Lipinski definition) is 4. The van der Waals surface area contributed by atoms with Crippen molar-refractivity contribution in [3.8, 4) is 0 Å². The smallest absolute Gasteiger partial charge is 0.323 e. The highest BCUT2D eigenvalue weighted by atomic mass is 16.6. The number of ether oxygens (including phenoxy) is 2. The van der Waals surface area contributed by atoms with Gasteiger partial charge in [0.1, 0.15) is 12.1 Å². The molecule has 0 aromatic heterocycles. The van der Waals surface area contributed by atoms with Gasteiger partial charge in [-0.2, -0.15) is 0 Å². The first-order valence-corrected chi connectivity index (χ1v) is 5.83. The van der Waals surface area contributed by atoms with E-state index in [2.05, 4.69) is 0 Å². The van der Waals surface area contributed by atoms with Crippen LogP contribution in [0.5, 0.6) is 0 Å². The van der Waals surface area contributed by atoms with Crippen molar-refractivity contribution in [2.45, 2.75) is 25.0 Å². The van der Waals surface area contributed by atoms with Gasteiger partial charge in [0.25, 0.3) is 0 Å². The molecule has 0 bridgehead atoms. The maximum Gasteiger partial charge on any atom is 0.323 e. The van der Waals surface area contributed by atoms with Crippen molar-refractivity contribution in [1.29, 1.82) is 0 Å². The van der Waals surface area contributed by atoms with Gasteiger partial charge >= 0.3 is 5.97 Å². The zero-order valence-corrected chi connectivity index (χ0v) is 9.67. The molecule has 1 saturated heterocycles. The Morgan fingerprint density at radius 2 is 2.24 bits per heavy atom. The Balaban J connectivity index is 1.82. The van der Waals surface area contributed by atoms with Gasteiger partial charge in [-0.05, 0) is 12.0 Å². The van der Waals surface area contributed by atoms with Crippen LogP contribution in [0, 0.1) is 0 Å². The SMILES string of the molecule is N[C@H](Cc1ccccc1)C(=O)OC1CCOC1. The fraction of sp³-hybridized carbons (Fsp3) is 0.462. The Morgan fingerprint density at radius 1 is 1.47 bits per heavy atom. The highest BCUT2D eigenvalue weighted by Crippen LogP contribution is 2.10. The van der Waals surface area contributed by atoms with Gasteiger partial charge in [0.05, 0.1) is 13.2 Å². The molecule has 2 atom stereocenters. The van der Waals surface area contributed by atoms with Gasteiger partial charge in [0.2, 0.25) is 0 Å². The first-order valence-electron chi connectivity index (χ1n) is 5.83. The number of benzene rings is 1. The molecule has 1 heterocycles. The van der Waals surface area contributed by atoms with Crippen molar-refractivity contribution >= 4 is 5.97 Å². The molecule has 0 saturated carbocycles. The molecule has 1 aromatic carbocycles. The van der Waals surface area contributed by atoms with Gasteiger partial charge in [-0.15, -0.1) is 0 Å². The first-order chi connectivity index (χ1) is 8.25. The summed E-state index contributed by atoms with van der Waals surface area (Å²) in [5.74, 6) is -0.343. The second kappa shape index (κ2) is 5.80. The number of esters is 1. The van der Waals surface area contributed by atoms with Crippen molar-refractivity contribution in [3.05, 3.63) is 35.9 Å². The van der Waals surface area contributed by atoms with Crippen LogP contribution in [0.2, 0.25) is 0 Å². The van der Waals surface area contributed by atoms with Crippen LogP contribution in [-0.4, -0.2) is 31.3 Å². The summed E-state index contributed by atoms with van der Waals surface area (Å²) in [6.45, 7) is 1.15. The molecule has 2 rings (SSSR count). The molecule has 1 aliphatic heterocycles. The topological polar surface area (TPSA) is 61.6 Å². The lowest BCUT2D eigenvalue weighted by atomic mass is 10.1. The quantitative estimate of drug-likeness (QED) is 0.787. The summed E-state index contributed by atoms with van der Waals surface area (Å²) in [5.41, 5.74) is 6.85. The molecule has 92 valence electrons. The van der Waals surface area contributed by atoms with Gasteiger partial charge in [-0.3, -0.25) is 4.79 Å². The lowest BCUT2D eigenvalue weighted by Gasteiger charge is -2.14. The summed E-state index contributed by atoms with van der Waals surface area (Å²) in [6, 6.07) is 9.09. The molecule has 17 heavy (non-hydrogen) atoms. The van der Waals surface area contributed by atoms with Crippen molar-refractivity contribution in [2.24, 2.45) is 5.73 Å². The van der Waals surface area contributed by atoms with Crippen molar-refractivity contribution in [2.75, 3.05) is 13.2 Å². The van der Waals surface area contributed by atoms with Crippen molar-refractivity contribution in [3.63, 3.8) is 0 Å². The Bertz CT molecular complexity index is 360. The summed E-state index contributed by atoms with van der Waals surface area (Å²) in [5, 5.41) is 0. The molecule has 1 aromatic rings. The van der Waals surface area contributed by atoms with Crippen LogP contribution in [-0.2, 0) is 20.7 Å². The molecular formula is C13H17NO3. The predicted molar refractivity (Wildman–Crippen MR) is 63.4 cm³/mol. The van der Waals surface area contributed by atoms with E-state index < -0.39 is 6.04 Å². The van der Waals surface area contributed by atoms with E-state index in [9.17, 15) is 4.79 Å². The van der Waals surface area contributed by atoms with E-state index >= 15 is 0 Å². The summed E-state index contributed by atoms with van der Waals surface area (Å²) in [6.07, 6.45) is 1.15. The van der Waals surface area contributed by atoms with E-state index in [0.29, 0.717) is 19.6 Å². The maximum atomic E-state index is 11.7. The van der Waals surface area contributed by atoms with E-state index in [-0.39, 0.29) is 12.1 Å². The highest BCUT2D eigenvalue weighted by molar-refractivity contribution is 5.76. The van der Waals surface area contributed by atoms with E-state index in [1.807, 2.05) is 30.3 Å². The zero-order chi connectivity index (χ0) is 12.1. The molecule has 4 heteroatoms. The molecule has 0 spiro atoms. The largest absolute Gasteiger partial charge is 0.459 e. The van der Waals surface area contributed by atoms with Gasteiger partial charge in [0.15, 0.2) is 0 Å². The minimum atomic E-state index is -0.599. The molecule has 4 nitrogen and oxygen atoms in total. The first kappa shape index (κ1) is 12.1. The average molecular weight is 235 g/mol. The van der Waals surface area contributed by atoms with E-state index in [1.165, 1.54) is 0 Å². The summed E-state index contributed by atoms with van der Waals surface area (Å²) in [4.78, 5) is 11.7. The van der Waals surface area contributed by atoms with Gasteiger partial charge < -0.3 is 15.2 Å². The average Bonchev–Trinajstić information content (AvgIpc) is 2.83. The second-order valence-corrected chi connectivity index (χ2v) is 4.22. The Morgan fingerprint density at radius 3 is 2.88 bits per heavy atom. The van der Waals surface area contributed by atoms with Crippen LogP contribution in [0.15, 0.2) is 30.3 Å². The minimum absolute atomic E-state index is 0.121. The molecule has 1 unspecified atom stereocenters. The van der Waals surface area contributed by atoms with E-state index in [0.717, 1.165) is 12.0 Å². The van der Waals surface area contributed by atoms with Crippen molar-refractivity contribution < 1.29 is 14.3 Å². The van der Waals surface area contributed by atoms with E-state index in [4.69, 9.17) is 15.2 Å². The van der Waals surface area contributed by atoms with Gasteiger partial charge in [-0.1, -0.05) is 30.3 Å². The molecule has 1 aliphatic rings. The van der Waals surface area contributed by atoms with Crippen LogP contribution >= 0.6 is 0 Å². The standard InChI is InChI=1S/C13H17NO3/c14-12(8-10-4-2-1-3-5-10)13(15)17-11-6-7-16-9-11/h1-5,11-12H,6-9,14H2/t11?,12-/m1/s1. The molecule has 1 fully saturated rings. The molecule has 0 aliphatic carbocycles. The number of hydrogen-bond donors (Lipinski definition) is 1. The summed E-state index contributed by atoms with van der Waals surface area (Å²) >= 11 is 0. The number of carbonyl (C=O) groups is 1. The highest BCUT2D eigenvalue weighted by Gasteiger charge is 2.23. The minimum Gasteiger partial charge on any atom is -0.459 e. The third-order valence-electron chi connectivity index (χ3n) is 2.77. The van der Waals surface area contributed by atoms with Crippen LogP contribution in [0.1, 0.15) is 12.0 Å². The van der Waals surface area contributed by atoms with Gasteiger partial charge in [0, 0.05) is 6.42 Å². The summed E-state index contributed by atoms with van der Waals surface area (Å²) < 4.78 is 10.4. The molecule has 0 amide bonds. The fourth-order valence-electron chi connectivity index (χ4n) is 1.81. The zero-order valence-electron chi connectivity index (χ0n) is 9.67. The third kappa shape index (κ3) is 3.54. The Hall–Kier alpha value is -1.39. The molecule has 0 radical (unpaired) electrons. The number of carbonyl (C=O) groups excluding carboxylic acids is 1. The lowest BCUT2D eigenvalue weighted by Crippen LogP contribution is -2.36. The van der Waals surface area contributed by atoms with Gasteiger partial charge in [-0.25, -0.2) is 0 Å². The van der Waals surface area contributed by atoms with Crippen LogP contribution < -0.4 is 5.73 Å². The maximum absolute atomic E-state index is 11.7. The van der Waals surface area contributed by atoms with Crippen LogP contribution in [0.4, 0.5) is 0 Å². The lowest BCUT2D eigenvalue weighted by molar-refractivity contribution is -0.150. The third-order valence-corrected chi connectivity index (χ3v) is 2.77. The Labute approximate surface area is 101 Å². The van der Waals surface area contributed by atoms with Crippen LogP contribution in [0.3, 0.4) is 0 Å². The summed E-state index contributed by atoms with van der Waals surface area (Å²) in [7, 11) is 0. The van der Waals surface area contributed by atoms with Crippen LogP contribution in [0.25, 0.3) is 0 Å². The predicted octanol–water partition coefficient (Wildman–Crippen LogP) is 0.889. The second-order valence-electron chi connectivity index (χ2n) is 4.22. The van der Waals surface area contributed by atoms with Crippen molar-refractivity contribution in [1.82, 2.24) is 0 Å². The number of nitrogens with two attached hydrogens (primary N) is 1. The molecular weight excluding hydrogens is 218 g/mol. The molecule has 2 N–H and O–H groups in total. The fourth-order valence-corrected chi connectivity index (χ4v) is 1.81.